The molecular weight excluding hydrogens is 261 g/mol. The Bertz CT molecular complexity index is 387. The summed E-state index contributed by atoms with van der Waals surface area (Å²) < 4.78 is 77.9. The molecule has 0 aliphatic rings. The summed E-state index contributed by atoms with van der Waals surface area (Å²) in [7, 11) is 0. The fraction of sp³-hybridized carbons (Fsp3) is 0.400. The highest BCUT2D eigenvalue weighted by Gasteiger charge is 2.29. The molecule has 0 heterocycles. The first-order valence-corrected chi connectivity index (χ1v) is 5.18. The molecule has 0 radical (unpaired) electrons. The van der Waals surface area contributed by atoms with Crippen molar-refractivity contribution in [1.29, 1.82) is 0 Å². The van der Waals surface area contributed by atoms with Crippen LogP contribution in [0.1, 0.15) is 12.8 Å². The first-order valence-electron chi connectivity index (χ1n) is 5.18. The van der Waals surface area contributed by atoms with E-state index >= 15 is 0 Å². The molecule has 1 rings (SSSR count). The second-order valence-corrected chi connectivity index (χ2v) is 3.68. The second-order valence-electron chi connectivity index (χ2n) is 3.68. The molecule has 0 N–H and O–H groups in total. The zero-order chi connectivity index (χ0) is 13.8. The van der Waals surface area contributed by atoms with E-state index in [1.54, 1.807) is 0 Å². The normalized spacial score (nSPS) is 12.6. The van der Waals surface area contributed by atoms with Gasteiger partial charge in [0.15, 0.2) is 0 Å². The topological polar surface area (TPSA) is 9.23 Å². The summed E-state index contributed by atoms with van der Waals surface area (Å²) in [5, 5.41) is 0. The van der Waals surface area contributed by atoms with Crippen LogP contribution in [0.4, 0.5) is 26.1 Å². The van der Waals surface area contributed by atoms with Crippen molar-refractivity contribution in [2.24, 2.45) is 0 Å². The van der Waals surface area contributed by atoms with Gasteiger partial charge in [0, 0.05) is 6.42 Å². The van der Waals surface area contributed by atoms with E-state index in [1.807, 2.05) is 0 Å². The average molecular weight is 271 g/mol. The Balaban J connectivity index is 2.58. The molecule has 1 nitrogen and oxygen atoms in total. The molecule has 0 saturated heterocycles. The third-order valence-corrected chi connectivity index (χ3v) is 2.13. The van der Waals surface area contributed by atoms with E-state index in [1.165, 1.54) is 12.1 Å². The maximum Gasteiger partial charge on any atom is 0.513 e. The zero-order valence-corrected chi connectivity index (χ0v) is 9.18. The van der Waals surface area contributed by atoms with Crippen molar-refractivity contribution in [3.63, 3.8) is 0 Å². The summed E-state index contributed by atoms with van der Waals surface area (Å²) in [6.07, 6.45) is -5.77. The molecule has 0 saturated carbocycles. The minimum Gasteiger partial charge on any atom is -0.497 e. The molecule has 0 unspecified atom stereocenters. The lowest BCUT2D eigenvalue weighted by molar-refractivity contribution is -0.136. The number of hydrogen-bond donors (Lipinski definition) is 0. The summed E-state index contributed by atoms with van der Waals surface area (Å²) in [5.74, 6) is -0.424. The zero-order valence-electron chi connectivity index (χ0n) is 9.18. The summed E-state index contributed by atoms with van der Waals surface area (Å²) in [5.41, 5.74) is -0.926. The standard InChI is InChI=1S/C10H10BF6O/c12-10(13,14)6-3-7-18-9-5-2-1-4-8(9)11(15,16)17/h1-2,4-5H,3,6-7H2/q-1. The minimum atomic E-state index is -5.23. The molecule has 0 aliphatic heterocycles. The van der Waals surface area contributed by atoms with Gasteiger partial charge in [-0.3, -0.25) is 0 Å². The maximum absolute atomic E-state index is 12.5. The Morgan fingerprint density at radius 2 is 1.67 bits per heavy atom. The molecule has 1 aromatic carbocycles. The predicted molar refractivity (Wildman–Crippen MR) is 55.9 cm³/mol. The third kappa shape index (κ3) is 4.89. The Kier molecular flexibility index (Phi) is 4.53. The fourth-order valence-electron chi connectivity index (χ4n) is 1.34. The van der Waals surface area contributed by atoms with Gasteiger partial charge in [-0.05, 0) is 12.5 Å². The van der Waals surface area contributed by atoms with E-state index in [-0.39, 0.29) is 6.42 Å². The van der Waals surface area contributed by atoms with Gasteiger partial charge in [-0.25, -0.2) is 0 Å². The van der Waals surface area contributed by atoms with E-state index in [0.29, 0.717) is 0 Å². The molecule has 0 aliphatic carbocycles. The highest BCUT2D eigenvalue weighted by atomic mass is 19.4. The minimum absolute atomic E-state index is 0.372. The van der Waals surface area contributed by atoms with Crippen LogP contribution in [-0.2, 0) is 0 Å². The molecule has 1 aromatic rings. The quantitative estimate of drug-likeness (QED) is 0.452. The van der Waals surface area contributed by atoms with Gasteiger partial charge in [-0.15, -0.1) is 0 Å². The number of rotatable bonds is 5. The first kappa shape index (κ1) is 14.7. The van der Waals surface area contributed by atoms with E-state index in [4.69, 9.17) is 4.74 Å². The van der Waals surface area contributed by atoms with Crippen LogP contribution in [0.2, 0.25) is 0 Å². The second kappa shape index (κ2) is 5.54. The fourth-order valence-corrected chi connectivity index (χ4v) is 1.34. The maximum atomic E-state index is 12.5. The van der Waals surface area contributed by atoms with Gasteiger partial charge in [0.05, 0.1) is 12.4 Å². The number of hydrogen-bond acceptors (Lipinski definition) is 1. The Morgan fingerprint density at radius 1 is 1.06 bits per heavy atom. The Labute approximate surface area is 99.8 Å². The third-order valence-electron chi connectivity index (χ3n) is 2.13. The molecule has 0 bridgehead atoms. The number of para-hydroxylation sites is 1. The molecule has 0 aromatic heterocycles. The Hall–Kier alpha value is -1.34. The van der Waals surface area contributed by atoms with Gasteiger partial charge in [0.1, 0.15) is 0 Å². The molecule has 8 heteroatoms. The van der Waals surface area contributed by atoms with Gasteiger partial charge in [0.2, 0.25) is 0 Å². The van der Waals surface area contributed by atoms with E-state index in [9.17, 15) is 26.1 Å². The predicted octanol–water partition coefficient (Wildman–Crippen LogP) is 3.46. The van der Waals surface area contributed by atoms with Crippen LogP contribution in [0.5, 0.6) is 5.75 Å². The molecule has 0 spiro atoms. The van der Waals surface area contributed by atoms with Crippen LogP contribution in [0.25, 0.3) is 0 Å². The molecule has 0 amide bonds. The summed E-state index contributed by atoms with van der Waals surface area (Å²) >= 11 is 0. The highest BCUT2D eigenvalue weighted by molar-refractivity contribution is 6.74. The summed E-state index contributed by atoms with van der Waals surface area (Å²) in [6.45, 7) is -5.63. The van der Waals surface area contributed by atoms with Crippen LogP contribution in [0.3, 0.4) is 0 Å². The van der Waals surface area contributed by atoms with Crippen molar-refractivity contribution in [2.45, 2.75) is 19.0 Å². The van der Waals surface area contributed by atoms with E-state index in [2.05, 4.69) is 0 Å². The van der Waals surface area contributed by atoms with Crippen LogP contribution in [-0.4, -0.2) is 19.8 Å². The number of alkyl halides is 3. The summed E-state index contributed by atoms with van der Waals surface area (Å²) in [6, 6.07) is 4.48. The van der Waals surface area contributed by atoms with Gasteiger partial charge in [-0.2, -0.15) is 13.2 Å². The van der Waals surface area contributed by atoms with Crippen molar-refractivity contribution in [3.8, 4) is 5.75 Å². The van der Waals surface area contributed by atoms with Crippen LogP contribution >= 0.6 is 0 Å². The van der Waals surface area contributed by atoms with Crippen molar-refractivity contribution in [3.05, 3.63) is 24.3 Å². The number of ether oxygens (including phenoxy) is 1. The van der Waals surface area contributed by atoms with Crippen molar-refractivity contribution in [2.75, 3.05) is 6.61 Å². The van der Waals surface area contributed by atoms with Crippen molar-refractivity contribution < 1.29 is 30.9 Å². The van der Waals surface area contributed by atoms with Crippen molar-refractivity contribution in [1.82, 2.24) is 0 Å². The van der Waals surface area contributed by atoms with Crippen molar-refractivity contribution >= 4 is 12.4 Å². The van der Waals surface area contributed by atoms with Crippen LogP contribution < -0.4 is 10.2 Å². The molecule has 0 fully saturated rings. The lowest BCUT2D eigenvalue weighted by Crippen LogP contribution is -2.35. The van der Waals surface area contributed by atoms with E-state index < -0.39 is 37.4 Å². The lowest BCUT2D eigenvalue weighted by Gasteiger charge is -2.19. The largest absolute Gasteiger partial charge is 0.513 e. The molecule has 18 heavy (non-hydrogen) atoms. The van der Waals surface area contributed by atoms with Gasteiger partial charge in [-0.1, -0.05) is 23.7 Å². The average Bonchev–Trinajstić information content (AvgIpc) is 2.22. The SMILES string of the molecule is F[B-](F)(F)c1ccccc1OCCCC(F)(F)F. The number of halogens is 6. The lowest BCUT2D eigenvalue weighted by atomic mass is 9.79. The van der Waals surface area contributed by atoms with Crippen LogP contribution in [0, 0.1) is 0 Å². The monoisotopic (exact) mass is 271 g/mol. The van der Waals surface area contributed by atoms with E-state index in [0.717, 1.165) is 12.1 Å². The number of benzene rings is 1. The van der Waals surface area contributed by atoms with Gasteiger partial charge >= 0.3 is 13.2 Å². The molecular formula is C10H10BF6O-. The highest BCUT2D eigenvalue weighted by Crippen LogP contribution is 2.22. The Morgan fingerprint density at radius 3 is 2.22 bits per heavy atom. The first-order chi connectivity index (χ1) is 8.20. The van der Waals surface area contributed by atoms with Gasteiger partial charge < -0.3 is 17.7 Å². The smallest absolute Gasteiger partial charge is 0.497 e. The van der Waals surface area contributed by atoms with Crippen LogP contribution in [0.15, 0.2) is 24.3 Å². The molecule has 0 atom stereocenters. The van der Waals surface area contributed by atoms with Gasteiger partial charge in [0.25, 0.3) is 0 Å². The summed E-state index contributed by atoms with van der Waals surface area (Å²) in [4.78, 5) is 0. The molecule has 102 valence electrons.